The summed E-state index contributed by atoms with van der Waals surface area (Å²) in [7, 11) is 1.33. The number of carbonyl (C=O) groups excluding carboxylic acids is 2. The molecule has 0 aliphatic carbocycles. The number of carbonyl (C=O) groups is 2. The van der Waals surface area contributed by atoms with Crippen LogP contribution >= 0.6 is 15.9 Å². The van der Waals surface area contributed by atoms with Crippen molar-refractivity contribution in [1.29, 1.82) is 0 Å². The van der Waals surface area contributed by atoms with E-state index in [1.807, 2.05) is 54.6 Å². The first-order valence-electron chi connectivity index (χ1n) is 7.31. The first-order chi connectivity index (χ1) is 11.6. The van der Waals surface area contributed by atoms with Crippen LogP contribution < -0.4 is 10.6 Å². The largest absolute Gasteiger partial charge is 0.466 e. The van der Waals surface area contributed by atoms with Crippen molar-refractivity contribution in [3.05, 3.63) is 75.8 Å². The van der Waals surface area contributed by atoms with Crippen LogP contribution in [-0.4, -0.2) is 19.1 Å². The topological polar surface area (TPSA) is 67.4 Å². The number of benzene rings is 2. The van der Waals surface area contributed by atoms with Gasteiger partial charge in [0.15, 0.2) is 0 Å². The Morgan fingerprint density at radius 2 is 1.75 bits per heavy atom. The van der Waals surface area contributed by atoms with Crippen LogP contribution in [0.5, 0.6) is 0 Å². The van der Waals surface area contributed by atoms with E-state index in [1.54, 1.807) is 0 Å². The molecule has 122 valence electrons. The van der Waals surface area contributed by atoms with E-state index in [-0.39, 0.29) is 6.03 Å². The molecule has 2 amide bonds. The number of hydrogen-bond donors (Lipinski definition) is 2. The lowest BCUT2D eigenvalue weighted by Crippen LogP contribution is -2.45. The van der Waals surface area contributed by atoms with Crippen LogP contribution in [0.3, 0.4) is 0 Å². The van der Waals surface area contributed by atoms with Gasteiger partial charge in [0.1, 0.15) is 0 Å². The summed E-state index contributed by atoms with van der Waals surface area (Å²) in [5, 5.41) is 5.52. The third-order valence-corrected chi connectivity index (χ3v) is 4.27. The summed E-state index contributed by atoms with van der Waals surface area (Å²) in [6, 6.07) is 15.7. The van der Waals surface area contributed by atoms with Gasteiger partial charge in [0.05, 0.1) is 24.4 Å². The molecule has 0 saturated heterocycles. The summed E-state index contributed by atoms with van der Waals surface area (Å²) < 4.78 is 5.87. The van der Waals surface area contributed by atoms with Crippen molar-refractivity contribution in [2.75, 3.05) is 7.11 Å². The quantitative estimate of drug-likeness (QED) is 0.794. The van der Waals surface area contributed by atoms with Crippen molar-refractivity contribution in [2.45, 2.75) is 6.04 Å². The molecular formula is C18H15BrN2O3. The van der Waals surface area contributed by atoms with E-state index < -0.39 is 12.0 Å². The number of halogens is 1. The average Bonchev–Trinajstić information content (AvgIpc) is 2.61. The van der Waals surface area contributed by atoms with Gasteiger partial charge in [0.2, 0.25) is 0 Å². The number of rotatable bonds is 3. The maximum absolute atomic E-state index is 12.4. The molecule has 0 aromatic heterocycles. The highest BCUT2D eigenvalue weighted by molar-refractivity contribution is 9.10. The Kier molecular flexibility index (Phi) is 4.66. The van der Waals surface area contributed by atoms with Crippen LogP contribution in [0.4, 0.5) is 4.79 Å². The number of nitrogens with one attached hydrogen (secondary N) is 2. The minimum Gasteiger partial charge on any atom is -0.466 e. The normalized spacial score (nSPS) is 17.1. The SMILES string of the molecule is COC(=O)C1=C(c2ccccc2)NC(=O)NC1c1ccc(Br)cc1. The fourth-order valence-corrected chi connectivity index (χ4v) is 2.90. The lowest BCUT2D eigenvalue weighted by molar-refractivity contribution is -0.136. The highest BCUT2D eigenvalue weighted by Gasteiger charge is 2.33. The van der Waals surface area contributed by atoms with Gasteiger partial charge in [-0.25, -0.2) is 9.59 Å². The second-order valence-electron chi connectivity index (χ2n) is 5.23. The van der Waals surface area contributed by atoms with Crippen molar-refractivity contribution in [1.82, 2.24) is 10.6 Å². The first-order valence-corrected chi connectivity index (χ1v) is 8.10. The molecule has 2 aromatic rings. The highest BCUT2D eigenvalue weighted by Crippen LogP contribution is 2.32. The van der Waals surface area contributed by atoms with Crippen LogP contribution in [0.15, 0.2) is 64.6 Å². The molecule has 1 aliphatic rings. The maximum Gasteiger partial charge on any atom is 0.338 e. The van der Waals surface area contributed by atoms with E-state index in [0.717, 1.165) is 15.6 Å². The molecule has 2 aromatic carbocycles. The van der Waals surface area contributed by atoms with Gasteiger partial charge in [-0.1, -0.05) is 58.4 Å². The van der Waals surface area contributed by atoms with E-state index >= 15 is 0 Å². The molecule has 1 atom stereocenters. The Hall–Kier alpha value is -2.60. The molecular weight excluding hydrogens is 372 g/mol. The number of ether oxygens (including phenoxy) is 1. The van der Waals surface area contributed by atoms with E-state index in [4.69, 9.17) is 4.74 Å². The lowest BCUT2D eigenvalue weighted by Gasteiger charge is -2.29. The van der Waals surface area contributed by atoms with E-state index in [2.05, 4.69) is 26.6 Å². The van der Waals surface area contributed by atoms with E-state index in [9.17, 15) is 9.59 Å². The van der Waals surface area contributed by atoms with Gasteiger partial charge in [0, 0.05) is 4.47 Å². The Morgan fingerprint density at radius 3 is 2.38 bits per heavy atom. The molecule has 6 heteroatoms. The number of hydrogen-bond acceptors (Lipinski definition) is 3. The van der Waals surface area contributed by atoms with Gasteiger partial charge in [-0.05, 0) is 23.3 Å². The maximum atomic E-state index is 12.4. The minimum atomic E-state index is -0.588. The number of methoxy groups -OCH3 is 1. The Morgan fingerprint density at radius 1 is 1.08 bits per heavy atom. The van der Waals surface area contributed by atoms with Gasteiger partial charge in [-0.15, -0.1) is 0 Å². The molecule has 24 heavy (non-hydrogen) atoms. The predicted octanol–water partition coefficient (Wildman–Crippen LogP) is 3.39. The van der Waals surface area contributed by atoms with Crippen molar-refractivity contribution < 1.29 is 14.3 Å². The Labute approximate surface area is 147 Å². The van der Waals surface area contributed by atoms with Crippen LogP contribution in [0.25, 0.3) is 5.70 Å². The smallest absolute Gasteiger partial charge is 0.338 e. The van der Waals surface area contributed by atoms with Gasteiger partial charge < -0.3 is 15.4 Å². The second kappa shape index (κ2) is 6.88. The third-order valence-electron chi connectivity index (χ3n) is 3.74. The van der Waals surface area contributed by atoms with Gasteiger partial charge in [-0.3, -0.25) is 0 Å². The molecule has 1 heterocycles. The summed E-state index contributed by atoms with van der Waals surface area (Å²) in [5.74, 6) is -0.491. The number of amides is 2. The van der Waals surface area contributed by atoms with Crippen molar-refractivity contribution >= 4 is 33.6 Å². The predicted molar refractivity (Wildman–Crippen MR) is 93.9 cm³/mol. The molecule has 0 spiro atoms. The zero-order valence-corrected chi connectivity index (χ0v) is 14.5. The van der Waals surface area contributed by atoms with Crippen molar-refractivity contribution in [2.24, 2.45) is 0 Å². The fraction of sp³-hybridized carbons (Fsp3) is 0.111. The minimum absolute atomic E-state index is 0.366. The average molecular weight is 387 g/mol. The van der Waals surface area contributed by atoms with E-state index in [1.165, 1.54) is 7.11 Å². The zero-order valence-electron chi connectivity index (χ0n) is 12.9. The van der Waals surface area contributed by atoms with Crippen molar-refractivity contribution in [3.8, 4) is 0 Å². The van der Waals surface area contributed by atoms with Crippen LogP contribution in [0.2, 0.25) is 0 Å². The van der Waals surface area contributed by atoms with Crippen molar-refractivity contribution in [3.63, 3.8) is 0 Å². The Bertz CT molecular complexity index is 801. The molecule has 1 unspecified atom stereocenters. The standard InChI is InChI=1S/C18H15BrN2O3/c1-24-17(22)14-15(11-5-3-2-4-6-11)20-18(23)21-16(14)12-7-9-13(19)10-8-12/h2-10,16H,1H3,(H2,20,21,23). The third kappa shape index (κ3) is 3.19. The van der Waals surface area contributed by atoms with Gasteiger partial charge in [-0.2, -0.15) is 0 Å². The highest BCUT2D eigenvalue weighted by atomic mass is 79.9. The summed E-state index contributed by atoms with van der Waals surface area (Å²) in [5.41, 5.74) is 2.36. The summed E-state index contributed by atoms with van der Waals surface area (Å²) >= 11 is 3.38. The fourth-order valence-electron chi connectivity index (χ4n) is 2.63. The van der Waals surface area contributed by atoms with Gasteiger partial charge >= 0.3 is 12.0 Å². The molecule has 2 N–H and O–H groups in total. The molecule has 3 rings (SSSR count). The second-order valence-corrected chi connectivity index (χ2v) is 6.14. The summed E-state index contributed by atoms with van der Waals surface area (Å²) in [4.78, 5) is 24.6. The zero-order chi connectivity index (χ0) is 17.1. The molecule has 0 saturated carbocycles. The number of urea groups is 1. The van der Waals surface area contributed by atoms with Gasteiger partial charge in [0.25, 0.3) is 0 Å². The molecule has 0 radical (unpaired) electrons. The van der Waals surface area contributed by atoms with Crippen LogP contribution in [0.1, 0.15) is 17.2 Å². The molecule has 0 fully saturated rings. The molecule has 0 bridgehead atoms. The molecule has 5 nitrogen and oxygen atoms in total. The molecule has 1 aliphatic heterocycles. The first kappa shape index (κ1) is 16.3. The monoisotopic (exact) mass is 386 g/mol. The summed E-state index contributed by atoms with van der Waals surface area (Å²) in [6.07, 6.45) is 0. The van der Waals surface area contributed by atoms with Crippen LogP contribution in [0, 0.1) is 0 Å². The van der Waals surface area contributed by atoms with Crippen LogP contribution in [-0.2, 0) is 9.53 Å². The number of esters is 1. The van der Waals surface area contributed by atoms with E-state index in [0.29, 0.717) is 11.3 Å². The lowest BCUT2D eigenvalue weighted by atomic mass is 9.93. The summed E-state index contributed by atoms with van der Waals surface area (Å²) in [6.45, 7) is 0. The Balaban J connectivity index is 2.17.